The fourth-order valence-electron chi connectivity index (χ4n) is 2.85. The van der Waals surface area contributed by atoms with E-state index in [0.29, 0.717) is 25.9 Å². The molecule has 0 saturated carbocycles. The molecule has 2 N–H and O–H groups in total. The Morgan fingerprint density at radius 3 is 2.58 bits per heavy atom. The standard InChI is InChI=1S/C17H27N3O3S/c1-3-18-13-14-6-5-7-16(12-14)19-17(21)15-8-10-20(11-9-15)24(22,23)4-2/h5-7,12,15,18H,3-4,8-11,13H2,1-2H3,(H,19,21). The van der Waals surface area contributed by atoms with Gasteiger partial charge in [0, 0.05) is 31.2 Å². The van der Waals surface area contributed by atoms with Crippen LogP contribution >= 0.6 is 0 Å². The average Bonchev–Trinajstić information content (AvgIpc) is 2.60. The maximum atomic E-state index is 12.4. The van der Waals surface area contributed by atoms with Gasteiger partial charge in [0.25, 0.3) is 0 Å². The van der Waals surface area contributed by atoms with E-state index in [-0.39, 0.29) is 17.6 Å². The van der Waals surface area contributed by atoms with Gasteiger partial charge in [0.2, 0.25) is 15.9 Å². The summed E-state index contributed by atoms with van der Waals surface area (Å²) < 4.78 is 25.2. The summed E-state index contributed by atoms with van der Waals surface area (Å²) >= 11 is 0. The zero-order valence-electron chi connectivity index (χ0n) is 14.4. The third kappa shape index (κ3) is 5.03. The number of anilines is 1. The molecule has 1 aromatic carbocycles. The molecule has 0 unspecified atom stereocenters. The van der Waals surface area contributed by atoms with Crippen molar-refractivity contribution in [2.45, 2.75) is 33.2 Å². The number of hydrogen-bond acceptors (Lipinski definition) is 4. The van der Waals surface area contributed by atoms with Crippen LogP contribution in [0, 0.1) is 5.92 Å². The van der Waals surface area contributed by atoms with Crippen LogP contribution in [-0.2, 0) is 21.4 Å². The van der Waals surface area contributed by atoms with Crippen LogP contribution in [0.1, 0.15) is 32.3 Å². The third-order valence-corrected chi connectivity index (χ3v) is 6.24. The number of piperidine rings is 1. The van der Waals surface area contributed by atoms with E-state index in [1.165, 1.54) is 4.31 Å². The second kappa shape index (κ2) is 8.60. The maximum absolute atomic E-state index is 12.4. The van der Waals surface area contributed by atoms with Crippen LogP contribution in [-0.4, -0.2) is 44.0 Å². The molecule has 0 radical (unpaired) electrons. The van der Waals surface area contributed by atoms with E-state index in [9.17, 15) is 13.2 Å². The Hall–Kier alpha value is -1.44. The van der Waals surface area contributed by atoms with Crippen LogP contribution in [0.3, 0.4) is 0 Å². The summed E-state index contributed by atoms with van der Waals surface area (Å²) in [6, 6.07) is 7.80. The van der Waals surface area contributed by atoms with E-state index in [2.05, 4.69) is 17.6 Å². The van der Waals surface area contributed by atoms with Crippen LogP contribution in [0.4, 0.5) is 5.69 Å². The Bertz CT molecular complexity index is 653. The lowest BCUT2D eigenvalue weighted by molar-refractivity contribution is -0.120. The highest BCUT2D eigenvalue weighted by atomic mass is 32.2. The predicted octanol–water partition coefficient (Wildman–Crippen LogP) is 1.80. The number of nitrogens with one attached hydrogen (secondary N) is 2. The van der Waals surface area contributed by atoms with Crippen molar-refractivity contribution in [3.05, 3.63) is 29.8 Å². The zero-order valence-corrected chi connectivity index (χ0v) is 15.2. The smallest absolute Gasteiger partial charge is 0.227 e. The summed E-state index contributed by atoms with van der Waals surface area (Å²) in [7, 11) is -3.15. The molecular weight excluding hydrogens is 326 g/mol. The fraction of sp³-hybridized carbons (Fsp3) is 0.588. The molecule has 1 amide bonds. The second-order valence-electron chi connectivity index (χ2n) is 6.04. The summed E-state index contributed by atoms with van der Waals surface area (Å²) in [5, 5.41) is 6.22. The Labute approximate surface area is 144 Å². The van der Waals surface area contributed by atoms with Gasteiger partial charge < -0.3 is 10.6 Å². The van der Waals surface area contributed by atoms with Gasteiger partial charge in [0.15, 0.2) is 0 Å². The molecular formula is C17H27N3O3S. The summed E-state index contributed by atoms with van der Waals surface area (Å²) in [5.41, 5.74) is 1.91. The minimum absolute atomic E-state index is 0.0239. The molecule has 1 saturated heterocycles. The maximum Gasteiger partial charge on any atom is 0.227 e. The summed E-state index contributed by atoms with van der Waals surface area (Å²) in [4.78, 5) is 12.4. The van der Waals surface area contributed by atoms with Crippen molar-refractivity contribution in [1.29, 1.82) is 0 Å². The molecule has 1 aromatic rings. The lowest BCUT2D eigenvalue weighted by Crippen LogP contribution is -2.42. The number of sulfonamides is 1. The SMILES string of the molecule is CCNCc1cccc(NC(=O)C2CCN(S(=O)(=O)CC)CC2)c1. The van der Waals surface area contributed by atoms with Gasteiger partial charge in [-0.25, -0.2) is 12.7 Å². The molecule has 1 aliphatic rings. The van der Waals surface area contributed by atoms with E-state index >= 15 is 0 Å². The predicted molar refractivity (Wildman–Crippen MR) is 96.2 cm³/mol. The number of hydrogen-bond donors (Lipinski definition) is 2. The Morgan fingerprint density at radius 1 is 1.25 bits per heavy atom. The van der Waals surface area contributed by atoms with Crippen molar-refractivity contribution in [3.8, 4) is 0 Å². The van der Waals surface area contributed by atoms with E-state index < -0.39 is 10.0 Å². The Kier molecular flexibility index (Phi) is 6.77. The van der Waals surface area contributed by atoms with Gasteiger partial charge in [0.05, 0.1) is 5.75 Å². The van der Waals surface area contributed by atoms with Crippen LogP contribution in [0.25, 0.3) is 0 Å². The summed E-state index contributed by atoms with van der Waals surface area (Å²) in [6.45, 7) is 6.22. The first kappa shape index (κ1) is 18.9. The first-order chi connectivity index (χ1) is 11.5. The molecule has 1 heterocycles. The first-order valence-electron chi connectivity index (χ1n) is 8.54. The number of amides is 1. The lowest BCUT2D eigenvalue weighted by Gasteiger charge is -2.30. The lowest BCUT2D eigenvalue weighted by atomic mass is 9.97. The van der Waals surface area contributed by atoms with Crippen molar-refractivity contribution >= 4 is 21.6 Å². The number of benzene rings is 1. The van der Waals surface area contributed by atoms with Gasteiger partial charge in [-0.2, -0.15) is 0 Å². The highest BCUT2D eigenvalue weighted by molar-refractivity contribution is 7.89. The molecule has 0 aromatic heterocycles. The fourth-order valence-corrected chi connectivity index (χ4v) is 3.98. The van der Waals surface area contributed by atoms with Gasteiger partial charge >= 0.3 is 0 Å². The molecule has 0 bridgehead atoms. The summed E-state index contributed by atoms with van der Waals surface area (Å²) in [6.07, 6.45) is 1.14. The highest BCUT2D eigenvalue weighted by Gasteiger charge is 2.30. The van der Waals surface area contributed by atoms with Gasteiger partial charge in [-0.1, -0.05) is 19.1 Å². The number of rotatable bonds is 7. The van der Waals surface area contributed by atoms with Crippen molar-refractivity contribution in [2.75, 3.05) is 30.7 Å². The highest BCUT2D eigenvalue weighted by Crippen LogP contribution is 2.22. The van der Waals surface area contributed by atoms with Gasteiger partial charge in [-0.15, -0.1) is 0 Å². The van der Waals surface area contributed by atoms with E-state index in [1.54, 1.807) is 6.92 Å². The Morgan fingerprint density at radius 2 is 1.96 bits per heavy atom. The molecule has 6 nitrogen and oxygen atoms in total. The Balaban J connectivity index is 1.90. The van der Waals surface area contributed by atoms with E-state index in [1.807, 2.05) is 24.3 Å². The van der Waals surface area contributed by atoms with Crippen LogP contribution in [0.5, 0.6) is 0 Å². The van der Waals surface area contributed by atoms with Crippen molar-refractivity contribution in [2.24, 2.45) is 5.92 Å². The first-order valence-corrected chi connectivity index (χ1v) is 10.2. The van der Waals surface area contributed by atoms with Crippen molar-refractivity contribution in [3.63, 3.8) is 0 Å². The third-order valence-electron chi connectivity index (χ3n) is 4.36. The summed E-state index contributed by atoms with van der Waals surface area (Å²) in [5.74, 6) is -0.0440. The minimum atomic E-state index is -3.15. The average molecular weight is 353 g/mol. The van der Waals surface area contributed by atoms with E-state index in [0.717, 1.165) is 24.3 Å². The molecule has 1 aliphatic heterocycles. The molecule has 0 atom stereocenters. The normalized spacial score (nSPS) is 16.9. The zero-order chi connectivity index (χ0) is 17.6. The quantitative estimate of drug-likeness (QED) is 0.783. The van der Waals surface area contributed by atoms with Crippen LogP contribution in [0.2, 0.25) is 0 Å². The molecule has 24 heavy (non-hydrogen) atoms. The van der Waals surface area contributed by atoms with Crippen LogP contribution in [0.15, 0.2) is 24.3 Å². The molecule has 1 fully saturated rings. The monoisotopic (exact) mass is 353 g/mol. The van der Waals surface area contributed by atoms with Crippen molar-refractivity contribution < 1.29 is 13.2 Å². The largest absolute Gasteiger partial charge is 0.326 e. The second-order valence-corrected chi connectivity index (χ2v) is 8.30. The van der Waals surface area contributed by atoms with Crippen molar-refractivity contribution in [1.82, 2.24) is 9.62 Å². The topological polar surface area (TPSA) is 78.5 Å². The molecule has 0 aliphatic carbocycles. The number of carbonyl (C=O) groups excluding carboxylic acids is 1. The molecule has 134 valence electrons. The van der Waals surface area contributed by atoms with Gasteiger partial charge in [-0.3, -0.25) is 4.79 Å². The molecule has 2 rings (SSSR count). The number of nitrogens with zero attached hydrogens (tertiary/aromatic N) is 1. The molecule has 0 spiro atoms. The van der Waals surface area contributed by atoms with Gasteiger partial charge in [-0.05, 0) is 44.0 Å². The van der Waals surface area contributed by atoms with Gasteiger partial charge in [0.1, 0.15) is 0 Å². The van der Waals surface area contributed by atoms with E-state index in [4.69, 9.17) is 0 Å². The number of carbonyl (C=O) groups is 1. The van der Waals surface area contributed by atoms with Crippen LogP contribution < -0.4 is 10.6 Å². The molecule has 7 heteroatoms. The minimum Gasteiger partial charge on any atom is -0.326 e.